The van der Waals surface area contributed by atoms with E-state index in [1.54, 1.807) is 0 Å². The van der Waals surface area contributed by atoms with Gasteiger partial charge in [-0.3, -0.25) is 14.8 Å². The fourth-order valence-electron chi connectivity index (χ4n) is 3.41. The summed E-state index contributed by atoms with van der Waals surface area (Å²) in [6.07, 6.45) is 4.97. The Morgan fingerprint density at radius 3 is 3.04 bits per heavy atom. The molecule has 7 nitrogen and oxygen atoms in total. The van der Waals surface area contributed by atoms with Crippen molar-refractivity contribution in [3.8, 4) is 0 Å². The Hall–Kier alpha value is -1.47. The first kappa shape index (κ1) is 16.4. The number of carbonyl (C=O) groups excluding carboxylic acids is 1. The molecule has 2 aliphatic heterocycles. The maximum absolute atomic E-state index is 12.8. The lowest BCUT2D eigenvalue weighted by molar-refractivity contribution is -0.145. The lowest BCUT2D eigenvalue weighted by Crippen LogP contribution is -2.52. The zero-order valence-corrected chi connectivity index (χ0v) is 14.1. The van der Waals surface area contributed by atoms with E-state index in [9.17, 15) is 4.79 Å². The molecule has 1 aromatic heterocycles. The molecule has 1 aromatic rings. The highest BCUT2D eigenvalue weighted by Gasteiger charge is 2.34. The number of aromatic nitrogens is 3. The third-order valence-corrected chi connectivity index (χ3v) is 4.76. The summed E-state index contributed by atoms with van der Waals surface area (Å²) >= 11 is 0. The molecule has 23 heavy (non-hydrogen) atoms. The van der Waals surface area contributed by atoms with Crippen LogP contribution in [0.2, 0.25) is 0 Å². The first-order valence-electron chi connectivity index (χ1n) is 8.71. The van der Waals surface area contributed by atoms with E-state index < -0.39 is 0 Å². The van der Waals surface area contributed by atoms with E-state index in [-0.39, 0.29) is 18.1 Å². The van der Waals surface area contributed by atoms with Gasteiger partial charge >= 0.3 is 0 Å². The van der Waals surface area contributed by atoms with Gasteiger partial charge in [0.15, 0.2) is 5.82 Å². The number of likely N-dealkylation sites (N-methyl/N-ethyl adjacent to an activating group) is 1. The summed E-state index contributed by atoms with van der Waals surface area (Å²) in [4.78, 5) is 21.4. The lowest BCUT2D eigenvalue weighted by Gasteiger charge is -2.38. The van der Waals surface area contributed by atoms with Crippen molar-refractivity contribution in [3.63, 3.8) is 0 Å². The number of carbonyl (C=O) groups is 1. The van der Waals surface area contributed by atoms with Gasteiger partial charge in [-0.1, -0.05) is 13.3 Å². The normalized spacial score (nSPS) is 26.4. The number of nitrogens with zero attached hydrogens (tertiary/aromatic N) is 4. The maximum Gasteiger partial charge on any atom is 0.240 e. The average molecular weight is 321 g/mol. The Balaban J connectivity index is 1.64. The second-order valence-electron chi connectivity index (χ2n) is 6.53. The van der Waals surface area contributed by atoms with Crippen molar-refractivity contribution in [2.24, 2.45) is 0 Å². The van der Waals surface area contributed by atoms with Crippen LogP contribution in [0.15, 0.2) is 0 Å². The minimum Gasteiger partial charge on any atom is -0.366 e. The number of piperidine rings is 1. The van der Waals surface area contributed by atoms with E-state index in [0.717, 1.165) is 38.1 Å². The molecule has 0 bridgehead atoms. The van der Waals surface area contributed by atoms with Crippen LogP contribution in [-0.4, -0.2) is 70.2 Å². The first-order chi connectivity index (χ1) is 11.2. The van der Waals surface area contributed by atoms with Crippen LogP contribution in [-0.2, 0) is 16.0 Å². The van der Waals surface area contributed by atoms with Crippen molar-refractivity contribution in [3.05, 3.63) is 11.6 Å². The van der Waals surface area contributed by atoms with E-state index in [0.29, 0.717) is 25.5 Å². The Labute approximate surface area is 137 Å². The summed E-state index contributed by atoms with van der Waals surface area (Å²) in [7, 11) is 2.05. The highest BCUT2D eigenvalue weighted by atomic mass is 16.5. The molecule has 2 aliphatic rings. The number of morpholine rings is 1. The zero-order chi connectivity index (χ0) is 16.2. The van der Waals surface area contributed by atoms with Crippen molar-refractivity contribution < 1.29 is 9.53 Å². The lowest BCUT2D eigenvalue weighted by atomic mass is 10.0. The van der Waals surface area contributed by atoms with Crippen molar-refractivity contribution in [2.75, 3.05) is 33.3 Å². The summed E-state index contributed by atoms with van der Waals surface area (Å²) in [5.74, 6) is 1.79. The minimum absolute atomic E-state index is 0.0188. The molecule has 1 amide bonds. The molecule has 1 N–H and O–H groups in total. The monoisotopic (exact) mass is 321 g/mol. The Morgan fingerprint density at radius 2 is 2.26 bits per heavy atom. The molecule has 2 fully saturated rings. The third-order valence-electron chi connectivity index (χ3n) is 4.76. The fourth-order valence-corrected chi connectivity index (χ4v) is 3.41. The topological polar surface area (TPSA) is 74.3 Å². The summed E-state index contributed by atoms with van der Waals surface area (Å²) < 4.78 is 5.80. The van der Waals surface area contributed by atoms with E-state index in [1.807, 2.05) is 11.9 Å². The van der Waals surface area contributed by atoms with Crippen molar-refractivity contribution in [2.45, 2.75) is 51.2 Å². The number of aromatic amines is 1. The van der Waals surface area contributed by atoms with Crippen molar-refractivity contribution in [1.29, 1.82) is 0 Å². The average Bonchev–Trinajstić information content (AvgIpc) is 3.04. The summed E-state index contributed by atoms with van der Waals surface area (Å²) in [5.41, 5.74) is 0. The van der Waals surface area contributed by atoms with Gasteiger partial charge in [0.25, 0.3) is 0 Å². The standard InChI is InChI=1S/C16H27N5O2/c1-3-6-14-17-15(19-18-14)13-11-21(9-10-23-13)16(22)12-7-4-5-8-20(12)2/h12-13H,3-11H2,1-2H3,(H,17,18,19)/t12-,13-/m1/s1. The van der Waals surface area contributed by atoms with Crippen LogP contribution < -0.4 is 0 Å². The zero-order valence-electron chi connectivity index (χ0n) is 14.1. The summed E-state index contributed by atoms with van der Waals surface area (Å²) in [6, 6.07) is 0.0188. The second kappa shape index (κ2) is 7.40. The minimum atomic E-state index is -0.219. The second-order valence-corrected chi connectivity index (χ2v) is 6.53. The van der Waals surface area contributed by atoms with E-state index in [2.05, 4.69) is 27.0 Å². The number of likely N-dealkylation sites (tertiary alicyclic amines) is 1. The summed E-state index contributed by atoms with van der Waals surface area (Å²) in [5, 5.41) is 7.24. The number of nitrogens with one attached hydrogen (secondary N) is 1. The molecule has 0 saturated carbocycles. The van der Waals surface area contributed by atoms with E-state index >= 15 is 0 Å². The number of rotatable bonds is 4. The van der Waals surface area contributed by atoms with Gasteiger partial charge in [0.1, 0.15) is 11.9 Å². The molecule has 0 unspecified atom stereocenters. The largest absolute Gasteiger partial charge is 0.366 e. The van der Waals surface area contributed by atoms with Gasteiger partial charge in [0.05, 0.1) is 19.2 Å². The quantitative estimate of drug-likeness (QED) is 0.900. The molecule has 0 aromatic carbocycles. The maximum atomic E-state index is 12.8. The Morgan fingerprint density at radius 1 is 1.39 bits per heavy atom. The molecule has 0 spiro atoms. The van der Waals surface area contributed by atoms with Gasteiger partial charge in [-0.2, -0.15) is 5.10 Å². The van der Waals surface area contributed by atoms with E-state index in [1.165, 1.54) is 6.42 Å². The number of aryl methyl sites for hydroxylation is 1. The number of ether oxygens (including phenoxy) is 1. The van der Waals surface area contributed by atoms with Crippen molar-refractivity contribution in [1.82, 2.24) is 25.0 Å². The highest BCUT2D eigenvalue weighted by molar-refractivity contribution is 5.82. The smallest absolute Gasteiger partial charge is 0.240 e. The predicted octanol–water partition coefficient (Wildman–Crippen LogP) is 1.14. The number of hydrogen-bond acceptors (Lipinski definition) is 5. The van der Waals surface area contributed by atoms with Crippen LogP contribution in [0, 0.1) is 0 Å². The van der Waals surface area contributed by atoms with Crippen molar-refractivity contribution >= 4 is 5.91 Å². The van der Waals surface area contributed by atoms with Gasteiger partial charge in [-0.25, -0.2) is 4.98 Å². The van der Waals surface area contributed by atoms with Crippen LogP contribution in [0.4, 0.5) is 0 Å². The number of amides is 1. The number of hydrogen-bond donors (Lipinski definition) is 1. The molecule has 3 rings (SSSR count). The predicted molar refractivity (Wildman–Crippen MR) is 85.9 cm³/mol. The molecular formula is C16H27N5O2. The van der Waals surface area contributed by atoms with Crippen LogP contribution in [0.25, 0.3) is 0 Å². The van der Waals surface area contributed by atoms with Crippen LogP contribution in [0.1, 0.15) is 50.4 Å². The SMILES string of the molecule is CCCc1nc([C@H]2CN(C(=O)[C@H]3CCCCN3C)CCO2)n[nH]1. The molecule has 0 aliphatic carbocycles. The molecule has 3 heterocycles. The molecule has 128 valence electrons. The van der Waals surface area contributed by atoms with Crippen LogP contribution in [0.5, 0.6) is 0 Å². The molecule has 0 radical (unpaired) electrons. The highest BCUT2D eigenvalue weighted by Crippen LogP contribution is 2.23. The Kier molecular flexibility index (Phi) is 5.27. The molecule has 2 atom stereocenters. The fraction of sp³-hybridized carbons (Fsp3) is 0.812. The molecule has 2 saturated heterocycles. The van der Waals surface area contributed by atoms with Gasteiger partial charge in [-0.15, -0.1) is 0 Å². The van der Waals surface area contributed by atoms with Gasteiger partial charge in [0.2, 0.25) is 5.91 Å². The Bertz CT molecular complexity index is 532. The molecular weight excluding hydrogens is 294 g/mol. The van der Waals surface area contributed by atoms with Gasteiger partial charge in [0, 0.05) is 13.0 Å². The third kappa shape index (κ3) is 3.72. The number of H-pyrrole nitrogens is 1. The summed E-state index contributed by atoms with van der Waals surface area (Å²) in [6.45, 7) is 4.87. The van der Waals surface area contributed by atoms with Gasteiger partial charge in [-0.05, 0) is 32.9 Å². The molecule has 7 heteroatoms. The first-order valence-corrected chi connectivity index (χ1v) is 8.71. The van der Waals surface area contributed by atoms with Gasteiger partial charge < -0.3 is 9.64 Å². The van der Waals surface area contributed by atoms with Crippen LogP contribution in [0.3, 0.4) is 0 Å². The van der Waals surface area contributed by atoms with E-state index in [4.69, 9.17) is 4.74 Å². The van der Waals surface area contributed by atoms with Crippen LogP contribution >= 0.6 is 0 Å².